The van der Waals surface area contributed by atoms with Gasteiger partial charge in [-0.1, -0.05) is 42.5 Å². The van der Waals surface area contributed by atoms with Gasteiger partial charge in [0.15, 0.2) is 11.5 Å². The Morgan fingerprint density at radius 1 is 0.941 bits per heavy atom. The van der Waals surface area contributed by atoms with Crippen molar-refractivity contribution in [3.63, 3.8) is 0 Å². The fourth-order valence-corrected chi connectivity index (χ4v) is 2.02. The number of aryl methyl sites for hydroxylation is 1. The predicted octanol–water partition coefficient (Wildman–Crippen LogP) is 3.36. The number of hydrogen-bond donors (Lipinski definition) is 0. The summed E-state index contributed by atoms with van der Waals surface area (Å²) in [6.07, 6.45) is 0. The summed E-state index contributed by atoms with van der Waals surface area (Å²) in [6, 6.07) is 13.8. The summed E-state index contributed by atoms with van der Waals surface area (Å²) in [6.45, 7) is 1.72. The molecule has 0 aliphatic heterocycles. The molecule has 0 fully saturated rings. The van der Waals surface area contributed by atoms with Gasteiger partial charge < -0.3 is 8.83 Å². The van der Waals surface area contributed by atoms with E-state index in [9.17, 15) is 4.79 Å². The Morgan fingerprint density at radius 3 is 2.47 bits per heavy atom. The van der Waals surface area contributed by atoms with Gasteiger partial charge in [0.1, 0.15) is 0 Å². The van der Waals surface area contributed by atoms with Gasteiger partial charge in [0.2, 0.25) is 0 Å². The van der Waals surface area contributed by atoms with Crippen molar-refractivity contribution in [2.45, 2.75) is 6.92 Å². The Morgan fingerprint density at radius 2 is 1.71 bits per heavy atom. The second kappa shape index (κ2) is 3.63. The van der Waals surface area contributed by atoms with Crippen LogP contribution >= 0.6 is 0 Å². The van der Waals surface area contributed by atoms with Gasteiger partial charge >= 0.3 is 5.82 Å². The maximum atomic E-state index is 11.1. The summed E-state index contributed by atoms with van der Waals surface area (Å²) in [7, 11) is 0. The van der Waals surface area contributed by atoms with Gasteiger partial charge in [0, 0.05) is 5.56 Å². The molecule has 0 aliphatic rings. The zero-order valence-corrected chi connectivity index (χ0v) is 9.27. The number of hydrogen-bond acceptors (Lipinski definition) is 3. The average Bonchev–Trinajstić information content (AvgIpc) is 2.68. The first-order chi connectivity index (χ1) is 8.25. The van der Waals surface area contributed by atoms with Crippen LogP contribution in [0.1, 0.15) is 5.76 Å². The summed E-state index contributed by atoms with van der Waals surface area (Å²) in [5.74, 6) is 0.351. The van der Waals surface area contributed by atoms with E-state index in [1.54, 1.807) is 6.92 Å². The van der Waals surface area contributed by atoms with Gasteiger partial charge in [-0.15, -0.1) is 0 Å². The second-order valence-corrected chi connectivity index (χ2v) is 3.87. The lowest BCUT2D eigenvalue weighted by Gasteiger charge is -2.03. The van der Waals surface area contributed by atoms with Gasteiger partial charge in [-0.05, 0) is 17.7 Å². The first-order valence-electron chi connectivity index (χ1n) is 5.34. The second-order valence-electron chi connectivity index (χ2n) is 3.87. The largest absolute Gasteiger partial charge is 0.519 e. The average molecular weight is 226 g/mol. The minimum absolute atomic E-state index is 0.506. The Hall–Kier alpha value is -2.29. The van der Waals surface area contributed by atoms with E-state index in [-0.39, 0.29) is 0 Å². The van der Waals surface area contributed by atoms with E-state index < -0.39 is 5.82 Å². The van der Waals surface area contributed by atoms with E-state index in [4.69, 9.17) is 8.83 Å². The van der Waals surface area contributed by atoms with Crippen LogP contribution in [0.25, 0.3) is 22.1 Å². The minimum atomic E-state index is -0.662. The van der Waals surface area contributed by atoms with Crippen molar-refractivity contribution in [3.05, 3.63) is 58.8 Å². The molecule has 3 rings (SSSR count). The van der Waals surface area contributed by atoms with Crippen LogP contribution < -0.4 is 5.82 Å². The van der Waals surface area contributed by atoms with Crippen LogP contribution in [0, 0.1) is 6.92 Å². The van der Waals surface area contributed by atoms with E-state index in [2.05, 4.69) is 0 Å². The molecular formula is C14H10O3. The molecule has 3 aromatic rings. The molecule has 0 aliphatic carbocycles. The van der Waals surface area contributed by atoms with Crippen LogP contribution in [0.5, 0.6) is 0 Å². The Balaban J connectivity index is 2.38. The van der Waals surface area contributed by atoms with Crippen molar-refractivity contribution < 1.29 is 8.83 Å². The molecule has 3 nitrogen and oxygen atoms in total. The monoisotopic (exact) mass is 226 g/mol. The number of rotatable bonds is 1. The lowest BCUT2D eigenvalue weighted by atomic mass is 10.0. The maximum Gasteiger partial charge on any atom is 0.519 e. The minimum Gasteiger partial charge on any atom is -0.396 e. The molecule has 0 amide bonds. The van der Waals surface area contributed by atoms with Crippen molar-refractivity contribution in [2.75, 3.05) is 0 Å². The van der Waals surface area contributed by atoms with E-state index in [1.165, 1.54) is 0 Å². The lowest BCUT2D eigenvalue weighted by molar-refractivity contribution is 0.381. The highest BCUT2D eigenvalue weighted by atomic mass is 16.6. The smallest absolute Gasteiger partial charge is 0.396 e. The van der Waals surface area contributed by atoms with E-state index in [1.807, 2.05) is 42.5 Å². The predicted molar refractivity (Wildman–Crippen MR) is 64.9 cm³/mol. The van der Waals surface area contributed by atoms with E-state index in [0.29, 0.717) is 11.5 Å². The van der Waals surface area contributed by atoms with Crippen LogP contribution in [0.3, 0.4) is 0 Å². The molecule has 1 heterocycles. The van der Waals surface area contributed by atoms with Crippen molar-refractivity contribution >= 4 is 10.8 Å². The van der Waals surface area contributed by atoms with Crippen LogP contribution in [0.2, 0.25) is 0 Å². The third-order valence-corrected chi connectivity index (χ3v) is 2.78. The van der Waals surface area contributed by atoms with Crippen molar-refractivity contribution in [3.8, 4) is 11.3 Å². The highest BCUT2D eigenvalue weighted by molar-refractivity contribution is 5.95. The number of fused-ring (bicyclic) bond motifs is 1. The van der Waals surface area contributed by atoms with Gasteiger partial charge in [0.05, 0.1) is 0 Å². The van der Waals surface area contributed by atoms with Crippen LogP contribution in [0.4, 0.5) is 0 Å². The molecule has 0 spiro atoms. The molecule has 84 valence electrons. The molecule has 0 saturated heterocycles. The first kappa shape index (κ1) is 9.90. The van der Waals surface area contributed by atoms with Crippen LogP contribution in [-0.4, -0.2) is 0 Å². The van der Waals surface area contributed by atoms with Crippen LogP contribution in [-0.2, 0) is 0 Å². The summed E-state index contributed by atoms with van der Waals surface area (Å²) in [4.78, 5) is 11.1. The SMILES string of the molecule is Cc1oc(=O)oc1-c1cccc2ccccc12. The third-order valence-electron chi connectivity index (χ3n) is 2.78. The molecule has 0 radical (unpaired) electrons. The summed E-state index contributed by atoms with van der Waals surface area (Å²) in [5, 5.41) is 2.15. The Labute approximate surface area is 97.3 Å². The normalized spacial score (nSPS) is 10.9. The molecule has 0 unspecified atom stereocenters. The fraction of sp³-hybridized carbons (Fsp3) is 0.0714. The van der Waals surface area contributed by atoms with Gasteiger partial charge in [-0.2, -0.15) is 0 Å². The zero-order chi connectivity index (χ0) is 11.8. The molecule has 0 bridgehead atoms. The highest BCUT2D eigenvalue weighted by Crippen LogP contribution is 2.29. The van der Waals surface area contributed by atoms with Crippen molar-refractivity contribution in [2.24, 2.45) is 0 Å². The fourth-order valence-electron chi connectivity index (χ4n) is 2.02. The van der Waals surface area contributed by atoms with Crippen LogP contribution in [0.15, 0.2) is 56.1 Å². The van der Waals surface area contributed by atoms with Gasteiger partial charge in [-0.25, -0.2) is 4.79 Å². The molecule has 0 saturated carbocycles. The van der Waals surface area contributed by atoms with Crippen molar-refractivity contribution in [1.29, 1.82) is 0 Å². The molecule has 2 aromatic carbocycles. The summed E-state index contributed by atoms with van der Waals surface area (Å²) < 4.78 is 9.98. The Kier molecular flexibility index (Phi) is 2.11. The molecular weight excluding hydrogens is 216 g/mol. The standard InChI is InChI=1S/C14H10O3/c1-9-13(17-14(15)16-9)12-8-4-6-10-5-2-3-7-11(10)12/h2-8H,1H3. The molecule has 0 N–H and O–H groups in total. The third kappa shape index (κ3) is 1.56. The summed E-state index contributed by atoms with van der Waals surface area (Å²) >= 11 is 0. The first-order valence-corrected chi connectivity index (χ1v) is 5.34. The van der Waals surface area contributed by atoms with E-state index >= 15 is 0 Å². The molecule has 1 aromatic heterocycles. The zero-order valence-electron chi connectivity index (χ0n) is 9.27. The Bertz CT molecular complexity index is 729. The molecule has 17 heavy (non-hydrogen) atoms. The van der Waals surface area contributed by atoms with E-state index in [0.717, 1.165) is 16.3 Å². The quantitative estimate of drug-likeness (QED) is 0.639. The summed E-state index contributed by atoms with van der Waals surface area (Å²) in [5.41, 5.74) is 0.881. The van der Waals surface area contributed by atoms with Gasteiger partial charge in [-0.3, -0.25) is 0 Å². The molecule has 3 heteroatoms. The van der Waals surface area contributed by atoms with Gasteiger partial charge in [0.25, 0.3) is 0 Å². The molecule has 0 atom stereocenters. The topological polar surface area (TPSA) is 43.4 Å². The lowest BCUT2D eigenvalue weighted by Crippen LogP contribution is -1.85. The number of benzene rings is 2. The highest BCUT2D eigenvalue weighted by Gasteiger charge is 2.13. The maximum absolute atomic E-state index is 11.1. The van der Waals surface area contributed by atoms with Crippen molar-refractivity contribution in [1.82, 2.24) is 0 Å².